The lowest BCUT2D eigenvalue weighted by molar-refractivity contribution is -0.136. The summed E-state index contributed by atoms with van der Waals surface area (Å²) in [5, 5.41) is 0. The van der Waals surface area contributed by atoms with Crippen LogP contribution in [-0.4, -0.2) is 41.3 Å². The Morgan fingerprint density at radius 1 is 1.60 bits per heavy atom. The Hall–Kier alpha value is -1.98. The molecule has 1 aliphatic rings. The number of nitrogens with zero attached hydrogens (tertiary/aromatic N) is 3. The van der Waals surface area contributed by atoms with Crippen LogP contribution < -0.4 is 4.90 Å². The van der Waals surface area contributed by atoms with E-state index in [4.69, 9.17) is 0 Å². The van der Waals surface area contributed by atoms with Crippen molar-refractivity contribution < 1.29 is 14.0 Å². The summed E-state index contributed by atoms with van der Waals surface area (Å²) >= 11 is 0. The lowest BCUT2D eigenvalue weighted by Crippen LogP contribution is -2.48. The number of hydrogen-bond acceptors (Lipinski definition) is 3. The fourth-order valence-corrected chi connectivity index (χ4v) is 2.48. The lowest BCUT2D eigenvalue weighted by Gasteiger charge is -2.29. The maximum atomic E-state index is 13.7. The standard InChI is InChI=1S/C14H18FN3O2/c1-3-11(18-9-5-7-12(18)19)14(20)17(2)13-10(15)6-4-8-16-13/h4,6,8,11H,3,5,7,9H2,1-2H3. The molecule has 6 heteroatoms. The Morgan fingerprint density at radius 3 is 2.90 bits per heavy atom. The van der Waals surface area contributed by atoms with Gasteiger partial charge >= 0.3 is 0 Å². The molecule has 1 fully saturated rings. The Bertz CT molecular complexity index is 521. The Balaban J connectivity index is 2.20. The minimum absolute atomic E-state index is 0.0115. The smallest absolute Gasteiger partial charge is 0.250 e. The lowest BCUT2D eigenvalue weighted by atomic mass is 10.1. The van der Waals surface area contributed by atoms with Gasteiger partial charge in [-0.15, -0.1) is 0 Å². The molecule has 108 valence electrons. The van der Waals surface area contributed by atoms with Crippen LogP contribution in [0.15, 0.2) is 18.3 Å². The predicted molar refractivity (Wildman–Crippen MR) is 72.6 cm³/mol. The van der Waals surface area contributed by atoms with E-state index in [9.17, 15) is 14.0 Å². The number of likely N-dealkylation sites (tertiary alicyclic amines) is 1. The average molecular weight is 279 g/mol. The van der Waals surface area contributed by atoms with Crippen LogP contribution in [0.1, 0.15) is 26.2 Å². The van der Waals surface area contributed by atoms with E-state index in [1.165, 1.54) is 30.3 Å². The molecule has 0 spiro atoms. The van der Waals surface area contributed by atoms with Gasteiger partial charge in [-0.05, 0) is 25.0 Å². The van der Waals surface area contributed by atoms with Crippen molar-refractivity contribution in [3.8, 4) is 0 Å². The van der Waals surface area contributed by atoms with Gasteiger partial charge in [-0.2, -0.15) is 0 Å². The second kappa shape index (κ2) is 5.98. The maximum Gasteiger partial charge on any atom is 0.250 e. The molecule has 20 heavy (non-hydrogen) atoms. The van der Waals surface area contributed by atoms with E-state index in [1.807, 2.05) is 6.92 Å². The van der Waals surface area contributed by atoms with Crippen LogP contribution in [-0.2, 0) is 9.59 Å². The first-order valence-electron chi connectivity index (χ1n) is 6.73. The van der Waals surface area contributed by atoms with Gasteiger partial charge in [-0.3, -0.25) is 14.5 Å². The van der Waals surface area contributed by atoms with Crippen LogP contribution in [0.5, 0.6) is 0 Å². The first-order chi connectivity index (χ1) is 9.56. The molecule has 5 nitrogen and oxygen atoms in total. The topological polar surface area (TPSA) is 53.5 Å². The van der Waals surface area contributed by atoms with Crippen molar-refractivity contribution in [2.24, 2.45) is 0 Å². The number of likely N-dealkylation sites (N-methyl/N-ethyl adjacent to an activating group) is 1. The molecule has 0 N–H and O–H groups in total. The molecule has 1 atom stereocenters. The SMILES string of the molecule is CCC(C(=O)N(C)c1ncccc1F)N1CCCC1=O. The van der Waals surface area contributed by atoms with Gasteiger partial charge in [0.2, 0.25) is 5.91 Å². The van der Waals surface area contributed by atoms with Crippen molar-refractivity contribution in [2.45, 2.75) is 32.2 Å². The number of aromatic nitrogens is 1. The molecule has 2 amide bonds. The van der Waals surface area contributed by atoms with Crippen molar-refractivity contribution >= 4 is 17.6 Å². The summed E-state index contributed by atoms with van der Waals surface area (Å²) in [5.74, 6) is -0.881. The van der Waals surface area contributed by atoms with Crippen molar-refractivity contribution in [3.63, 3.8) is 0 Å². The largest absolute Gasteiger partial charge is 0.331 e. The minimum Gasteiger partial charge on any atom is -0.331 e. The summed E-state index contributed by atoms with van der Waals surface area (Å²) in [5.41, 5.74) is 0. The number of rotatable bonds is 4. The number of amides is 2. The molecule has 0 radical (unpaired) electrons. The quantitative estimate of drug-likeness (QED) is 0.841. The molecule has 0 saturated carbocycles. The third-order valence-electron chi connectivity index (χ3n) is 3.55. The normalized spacial score (nSPS) is 16.4. The Kier molecular flexibility index (Phi) is 4.32. The van der Waals surface area contributed by atoms with E-state index in [0.717, 1.165) is 6.42 Å². The zero-order chi connectivity index (χ0) is 14.7. The van der Waals surface area contributed by atoms with E-state index < -0.39 is 11.9 Å². The van der Waals surface area contributed by atoms with Gasteiger partial charge in [-0.25, -0.2) is 9.37 Å². The van der Waals surface area contributed by atoms with E-state index in [1.54, 1.807) is 4.90 Å². The fourth-order valence-electron chi connectivity index (χ4n) is 2.48. The molecule has 1 aromatic rings. The molecule has 2 rings (SSSR count). The van der Waals surface area contributed by atoms with Gasteiger partial charge in [0, 0.05) is 26.2 Å². The summed E-state index contributed by atoms with van der Waals surface area (Å²) in [6, 6.07) is 2.18. The van der Waals surface area contributed by atoms with Crippen LogP contribution >= 0.6 is 0 Å². The van der Waals surface area contributed by atoms with Gasteiger partial charge in [0.25, 0.3) is 5.91 Å². The van der Waals surface area contributed by atoms with E-state index in [2.05, 4.69) is 4.98 Å². The van der Waals surface area contributed by atoms with Crippen molar-refractivity contribution in [2.75, 3.05) is 18.5 Å². The highest BCUT2D eigenvalue weighted by atomic mass is 19.1. The van der Waals surface area contributed by atoms with Crippen LogP contribution in [0.4, 0.5) is 10.2 Å². The van der Waals surface area contributed by atoms with E-state index in [0.29, 0.717) is 19.4 Å². The Labute approximate surface area is 117 Å². The molecule has 0 bridgehead atoms. The predicted octanol–water partition coefficient (Wildman–Crippen LogP) is 1.58. The number of carbonyl (C=O) groups is 2. The summed E-state index contributed by atoms with van der Waals surface area (Å²) in [7, 11) is 1.48. The van der Waals surface area contributed by atoms with Crippen molar-refractivity contribution in [1.82, 2.24) is 9.88 Å². The van der Waals surface area contributed by atoms with E-state index >= 15 is 0 Å². The van der Waals surface area contributed by atoms with Gasteiger partial charge in [0.1, 0.15) is 6.04 Å². The first kappa shape index (κ1) is 14.4. The number of hydrogen-bond donors (Lipinski definition) is 0. The summed E-state index contributed by atoms with van der Waals surface area (Å²) in [6.07, 6.45) is 3.18. The molecule has 2 heterocycles. The van der Waals surface area contributed by atoms with Gasteiger partial charge in [0.05, 0.1) is 0 Å². The third-order valence-corrected chi connectivity index (χ3v) is 3.55. The fraction of sp³-hybridized carbons (Fsp3) is 0.500. The highest BCUT2D eigenvalue weighted by Crippen LogP contribution is 2.20. The van der Waals surface area contributed by atoms with E-state index in [-0.39, 0.29) is 17.6 Å². The molecular weight excluding hydrogens is 261 g/mol. The molecule has 1 aliphatic heterocycles. The van der Waals surface area contributed by atoms with Gasteiger partial charge in [0.15, 0.2) is 11.6 Å². The number of anilines is 1. The monoisotopic (exact) mass is 279 g/mol. The second-order valence-electron chi connectivity index (χ2n) is 4.82. The van der Waals surface area contributed by atoms with Crippen LogP contribution in [0.2, 0.25) is 0 Å². The van der Waals surface area contributed by atoms with Gasteiger partial charge < -0.3 is 4.90 Å². The third kappa shape index (κ3) is 2.64. The molecule has 0 aromatic carbocycles. The Morgan fingerprint density at radius 2 is 2.35 bits per heavy atom. The molecule has 1 unspecified atom stereocenters. The van der Waals surface area contributed by atoms with Gasteiger partial charge in [-0.1, -0.05) is 6.92 Å². The minimum atomic E-state index is -0.550. The van der Waals surface area contributed by atoms with Crippen LogP contribution in [0.25, 0.3) is 0 Å². The highest BCUT2D eigenvalue weighted by Gasteiger charge is 2.34. The van der Waals surface area contributed by atoms with Crippen molar-refractivity contribution in [1.29, 1.82) is 0 Å². The zero-order valence-corrected chi connectivity index (χ0v) is 11.7. The summed E-state index contributed by atoms with van der Waals surface area (Å²) < 4.78 is 13.7. The maximum absolute atomic E-state index is 13.7. The molecule has 1 aromatic heterocycles. The average Bonchev–Trinajstić information content (AvgIpc) is 2.86. The number of carbonyl (C=O) groups excluding carboxylic acids is 2. The zero-order valence-electron chi connectivity index (χ0n) is 11.7. The van der Waals surface area contributed by atoms with Crippen molar-refractivity contribution in [3.05, 3.63) is 24.1 Å². The van der Waals surface area contributed by atoms with Crippen LogP contribution in [0.3, 0.4) is 0 Å². The molecule has 0 aliphatic carbocycles. The number of pyridine rings is 1. The second-order valence-corrected chi connectivity index (χ2v) is 4.82. The van der Waals surface area contributed by atoms with Crippen LogP contribution in [0, 0.1) is 5.82 Å². The molecular formula is C14H18FN3O2. The highest BCUT2D eigenvalue weighted by molar-refractivity contribution is 5.98. The molecule has 1 saturated heterocycles. The number of halogens is 1. The first-order valence-corrected chi connectivity index (χ1v) is 6.73. The summed E-state index contributed by atoms with van der Waals surface area (Å²) in [6.45, 7) is 2.43. The summed E-state index contributed by atoms with van der Waals surface area (Å²) in [4.78, 5) is 30.9.